The summed E-state index contributed by atoms with van der Waals surface area (Å²) in [4.78, 5) is 27.5. The summed E-state index contributed by atoms with van der Waals surface area (Å²) in [7, 11) is 0. The van der Waals surface area contributed by atoms with Crippen LogP contribution in [0.15, 0.2) is 0 Å². The smallest absolute Gasteiger partial charge is 0.314 e. The van der Waals surface area contributed by atoms with Crippen molar-refractivity contribution in [3.05, 3.63) is 0 Å². The number of nitrogens with two attached hydrogens (primary N) is 1. The molecule has 0 saturated carbocycles. The molecule has 2 rings (SSSR count). The van der Waals surface area contributed by atoms with Gasteiger partial charge in [0.25, 0.3) is 0 Å². The van der Waals surface area contributed by atoms with Crippen LogP contribution in [0.3, 0.4) is 0 Å². The molecule has 0 unspecified atom stereocenters. The largest absolute Gasteiger partial charge is 0.351 e. The number of amides is 3. The molecule has 108 valence electrons. The highest BCUT2D eigenvalue weighted by atomic mass is 16.2. The van der Waals surface area contributed by atoms with E-state index in [9.17, 15) is 9.59 Å². The van der Waals surface area contributed by atoms with Crippen LogP contribution in [-0.2, 0) is 4.79 Å². The summed E-state index contributed by atoms with van der Waals surface area (Å²) in [5.74, 6) is 0.186. The van der Waals surface area contributed by atoms with Crippen LogP contribution in [0.4, 0.5) is 4.79 Å². The summed E-state index contributed by atoms with van der Waals surface area (Å²) in [6.45, 7) is 4.22. The van der Waals surface area contributed by atoms with E-state index in [-0.39, 0.29) is 11.8 Å². The average Bonchev–Trinajstić information content (AvgIpc) is 2.46. The molecule has 5 nitrogen and oxygen atoms in total. The molecular formula is C14H25N3O2. The summed E-state index contributed by atoms with van der Waals surface area (Å²) in [5, 5.41) is 0. The van der Waals surface area contributed by atoms with Crippen molar-refractivity contribution in [2.24, 2.45) is 11.7 Å². The normalized spacial score (nSPS) is 28.3. The Hall–Kier alpha value is -1.26. The lowest BCUT2D eigenvalue weighted by Gasteiger charge is -2.40. The maximum atomic E-state index is 12.6. The Bertz CT molecular complexity index is 346. The Kier molecular flexibility index (Phi) is 4.66. The van der Waals surface area contributed by atoms with Gasteiger partial charge in [0.05, 0.1) is 5.92 Å². The minimum absolute atomic E-state index is 0.0478. The molecule has 2 N–H and O–H groups in total. The molecule has 0 aromatic heterocycles. The summed E-state index contributed by atoms with van der Waals surface area (Å²) < 4.78 is 0. The van der Waals surface area contributed by atoms with E-state index in [2.05, 4.69) is 11.8 Å². The number of likely N-dealkylation sites (tertiary alicyclic amines) is 2. The molecule has 2 heterocycles. The van der Waals surface area contributed by atoms with E-state index in [0.29, 0.717) is 19.1 Å². The number of carbonyl (C=O) groups is 2. The maximum Gasteiger partial charge on any atom is 0.314 e. The summed E-state index contributed by atoms with van der Waals surface area (Å²) in [6, 6.07) is -0.00612. The number of primary amides is 1. The fourth-order valence-corrected chi connectivity index (χ4v) is 3.33. The maximum absolute atomic E-state index is 12.6. The van der Waals surface area contributed by atoms with Crippen LogP contribution < -0.4 is 5.73 Å². The van der Waals surface area contributed by atoms with E-state index < -0.39 is 6.03 Å². The second-order valence-corrected chi connectivity index (χ2v) is 5.71. The van der Waals surface area contributed by atoms with Crippen molar-refractivity contribution in [1.82, 2.24) is 9.80 Å². The first-order valence-electron chi connectivity index (χ1n) is 7.48. The van der Waals surface area contributed by atoms with Gasteiger partial charge in [0.2, 0.25) is 5.91 Å². The number of carbonyl (C=O) groups excluding carboxylic acids is 2. The Morgan fingerprint density at radius 3 is 2.63 bits per heavy atom. The molecule has 3 amide bonds. The van der Waals surface area contributed by atoms with Crippen LogP contribution in [0.5, 0.6) is 0 Å². The summed E-state index contributed by atoms with van der Waals surface area (Å²) >= 11 is 0. The quantitative estimate of drug-likeness (QED) is 0.825. The van der Waals surface area contributed by atoms with Gasteiger partial charge in [-0.15, -0.1) is 0 Å². The number of hydrogen-bond donors (Lipinski definition) is 1. The number of hydrogen-bond acceptors (Lipinski definition) is 2. The van der Waals surface area contributed by atoms with Crippen molar-refractivity contribution in [3.63, 3.8) is 0 Å². The van der Waals surface area contributed by atoms with Crippen LogP contribution in [-0.4, -0.2) is 47.4 Å². The molecule has 0 bridgehead atoms. The van der Waals surface area contributed by atoms with Crippen molar-refractivity contribution in [1.29, 1.82) is 0 Å². The van der Waals surface area contributed by atoms with Gasteiger partial charge in [-0.3, -0.25) is 4.79 Å². The SMILES string of the molecule is CC[C@@H]1CCCCN1C(=O)[C@H]1CCCN(C(N)=O)C1. The average molecular weight is 267 g/mol. The molecule has 2 atom stereocenters. The molecule has 2 saturated heterocycles. The Balaban J connectivity index is 1.99. The van der Waals surface area contributed by atoms with Gasteiger partial charge in [0, 0.05) is 25.7 Å². The number of nitrogens with zero attached hydrogens (tertiary/aromatic N) is 2. The van der Waals surface area contributed by atoms with Crippen LogP contribution in [0.2, 0.25) is 0 Å². The molecule has 2 fully saturated rings. The number of rotatable bonds is 2. The molecule has 0 aromatic carbocycles. The lowest BCUT2D eigenvalue weighted by atomic mass is 9.93. The zero-order valence-corrected chi connectivity index (χ0v) is 11.8. The lowest BCUT2D eigenvalue weighted by Crippen LogP contribution is -2.51. The molecule has 0 aromatic rings. The van der Waals surface area contributed by atoms with E-state index in [4.69, 9.17) is 5.73 Å². The summed E-state index contributed by atoms with van der Waals surface area (Å²) in [6.07, 6.45) is 6.24. The highest BCUT2D eigenvalue weighted by molar-refractivity contribution is 5.81. The molecule has 19 heavy (non-hydrogen) atoms. The molecule has 0 aliphatic carbocycles. The molecule has 0 radical (unpaired) electrons. The predicted molar refractivity (Wildman–Crippen MR) is 73.5 cm³/mol. The Morgan fingerprint density at radius 2 is 1.95 bits per heavy atom. The molecule has 2 aliphatic heterocycles. The van der Waals surface area contributed by atoms with Gasteiger partial charge in [-0.05, 0) is 38.5 Å². The van der Waals surface area contributed by atoms with E-state index >= 15 is 0 Å². The van der Waals surface area contributed by atoms with Crippen LogP contribution >= 0.6 is 0 Å². The topological polar surface area (TPSA) is 66.6 Å². The minimum atomic E-state index is -0.400. The van der Waals surface area contributed by atoms with Gasteiger partial charge >= 0.3 is 6.03 Å². The van der Waals surface area contributed by atoms with Gasteiger partial charge in [0.1, 0.15) is 0 Å². The second kappa shape index (κ2) is 6.26. The van der Waals surface area contributed by atoms with Crippen LogP contribution in [0.25, 0.3) is 0 Å². The van der Waals surface area contributed by atoms with Crippen LogP contribution in [0.1, 0.15) is 45.4 Å². The van der Waals surface area contributed by atoms with Crippen molar-refractivity contribution in [2.45, 2.75) is 51.5 Å². The lowest BCUT2D eigenvalue weighted by molar-refractivity contribution is -0.140. The van der Waals surface area contributed by atoms with Gasteiger partial charge in [-0.2, -0.15) is 0 Å². The standard InChI is InChI=1S/C14H25N3O2/c1-2-12-7-3-4-9-17(12)13(18)11-6-5-8-16(10-11)14(15)19/h11-12H,2-10H2,1H3,(H2,15,19)/t11-,12+/m0/s1. The minimum Gasteiger partial charge on any atom is -0.351 e. The van der Waals surface area contributed by atoms with Crippen LogP contribution in [0, 0.1) is 5.92 Å². The first kappa shape index (κ1) is 14.2. The van der Waals surface area contributed by atoms with Crippen molar-refractivity contribution < 1.29 is 9.59 Å². The molecule has 5 heteroatoms. The van der Waals surface area contributed by atoms with E-state index in [1.165, 1.54) is 6.42 Å². The third-order valence-corrected chi connectivity index (χ3v) is 4.46. The predicted octanol–water partition coefficient (Wildman–Crippen LogP) is 1.57. The molecule has 0 spiro atoms. The zero-order valence-electron chi connectivity index (χ0n) is 11.8. The number of piperidine rings is 2. The monoisotopic (exact) mass is 267 g/mol. The number of urea groups is 1. The fourth-order valence-electron chi connectivity index (χ4n) is 3.33. The third-order valence-electron chi connectivity index (χ3n) is 4.46. The Morgan fingerprint density at radius 1 is 1.16 bits per heavy atom. The second-order valence-electron chi connectivity index (χ2n) is 5.71. The van der Waals surface area contributed by atoms with Gasteiger partial charge in [0.15, 0.2) is 0 Å². The van der Waals surface area contributed by atoms with Gasteiger partial charge in [-0.1, -0.05) is 6.92 Å². The van der Waals surface area contributed by atoms with Gasteiger partial charge < -0.3 is 15.5 Å². The molecular weight excluding hydrogens is 242 g/mol. The first-order valence-corrected chi connectivity index (χ1v) is 7.48. The zero-order chi connectivity index (χ0) is 13.8. The fraction of sp³-hybridized carbons (Fsp3) is 0.857. The van der Waals surface area contributed by atoms with E-state index in [1.54, 1.807) is 4.90 Å². The highest BCUT2D eigenvalue weighted by Crippen LogP contribution is 2.25. The molecule has 2 aliphatic rings. The summed E-state index contributed by atoms with van der Waals surface area (Å²) in [5.41, 5.74) is 5.32. The van der Waals surface area contributed by atoms with Crippen molar-refractivity contribution in [2.75, 3.05) is 19.6 Å². The first-order chi connectivity index (χ1) is 9.13. The van der Waals surface area contributed by atoms with E-state index in [0.717, 1.165) is 38.6 Å². The van der Waals surface area contributed by atoms with Crippen molar-refractivity contribution in [3.8, 4) is 0 Å². The van der Waals surface area contributed by atoms with Crippen molar-refractivity contribution >= 4 is 11.9 Å². The van der Waals surface area contributed by atoms with Gasteiger partial charge in [-0.25, -0.2) is 4.79 Å². The highest BCUT2D eigenvalue weighted by Gasteiger charge is 2.33. The third kappa shape index (κ3) is 3.19. The Labute approximate surface area is 115 Å². The van der Waals surface area contributed by atoms with E-state index in [1.807, 2.05) is 0 Å².